The lowest BCUT2D eigenvalue weighted by Gasteiger charge is -2.58. The third-order valence-electron chi connectivity index (χ3n) is 10.7. The van der Waals surface area contributed by atoms with Crippen LogP contribution in [-0.2, 0) is 16.1 Å². The van der Waals surface area contributed by atoms with E-state index >= 15 is 0 Å². The molecule has 0 saturated heterocycles. The molecule has 2 N–H and O–H groups in total. The Bertz CT molecular complexity index is 933. The van der Waals surface area contributed by atoms with Crippen LogP contribution >= 0.6 is 0 Å². The van der Waals surface area contributed by atoms with E-state index in [4.69, 9.17) is 10.5 Å². The topological polar surface area (TPSA) is 52.3 Å². The first-order valence-electron chi connectivity index (χ1n) is 13.4. The van der Waals surface area contributed by atoms with Crippen LogP contribution in [0.25, 0.3) is 0 Å². The van der Waals surface area contributed by atoms with E-state index in [-0.39, 0.29) is 11.2 Å². The molecule has 33 heavy (non-hydrogen) atoms. The molecule has 7 atom stereocenters. The smallest absolute Gasteiger partial charge is 0.178 e. The molecule has 180 valence electrons. The molecule has 4 aliphatic carbocycles. The summed E-state index contributed by atoms with van der Waals surface area (Å²) in [5.41, 5.74) is 11.4. The highest BCUT2D eigenvalue weighted by molar-refractivity contribution is 5.96. The first kappa shape index (κ1) is 23.1. The van der Waals surface area contributed by atoms with E-state index in [9.17, 15) is 4.79 Å². The van der Waals surface area contributed by atoms with E-state index in [0.29, 0.717) is 29.4 Å². The number of ether oxygens (including phenoxy) is 1. The normalized spacial score (nSPS) is 39.1. The van der Waals surface area contributed by atoms with E-state index < -0.39 is 0 Å². The Balaban J connectivity index is 1.26. The fraction of sp³-hybridized carbons (Fsp3) is 0.700. The summed E-state index contributed by atoms with van der Waals surface area (Å²) in [4.78, 5) is 12.3. The van der Waals surface area contributed by atoms with Crippen LogP contribution in [-0.4, -0.2) is 12.4 Å². The Labute approximate surface area is 200 Å². The summed E-state index contributed by atoms with van der Waals surface area (Å²) in [6.45, 7) is 11.2. The summed E-state index contributed by atoms with van der Waals surface area (Å²) in [5, 5.41) is 0. The van der Waals surface area contributed by atoms with Crippen molar-refractivity contribution in [1.29, 1.82) is 0 Å². The Morgan fingerprint density at radius 2 is 1.79 bits per heavy atom. The second-order valence-electron chi connectivity index (χ2n) is 12.4. The highest BCUT2D eigenvalue weighted by Crippen LogP contribution is 2.67. The number of benzene rings is 1. The first-order valence-corrected chi connectivity index (χ1v) is 13.4. The highest BCUT2D eigenvalue weighted by Gasteiger charge is 2.60. The van der Waals surface area contributed by atoms with Crippen LogP contribution in [0.2, 0.25) is 0 Å². The molecule has 0 aromatic heterocycles. The summed E-state index contributed by atoms with van der Waals surface area (Å²) in [6.07, 6.45) is 9.27. The summed E-state index contributed by atoms with van der Waals surface area (Å²) >= 11 is 0. The SMILES string of the molecule is Cc1ccc(COC[C@@H](C)[C@H]2CC[C@H]3[C@@H]4CCC5=C(N)C(=O)CC[C@]5(C)[C@H]4CC[C@]23C)cc1. The van der Waals surface area contributed by atoms with Gasteiger partial charge in [-0.15, -0.1) is 0 Å². The number of nitrogens with two attached hydrogens (primary N) is 1. The fourth-order valence-electron chi connectivity index (χ4n) is 8.89. The molecule has 0 amide bonds. The lowest BCUT2D eigenvalue weighted by Crippen LogP contribution is -2.52. The molecule has 0 heterocycles. The maximum absolute atomic E-state index is 12.3. The number of carbonyl (C=O) groups excluding carboxylic acids is 1. The Hall–Kier alpha value is -1.61. The van der Waals surface area contributed by atoms with Crippen molar-refractivity contribution >= 4 is 5.78 Å². The molecule has 0 bridgehead atoms. The molecular weight excluding hydrogens is 406 g/mol. The molecule has 3 fully saturated rings. The van der Waals surface area contributed by atoms with Gasteiger partial charge >= 0.3 is 0 Å². The van der Waals surface area contributed by atoms with Gasteiger partial charge in [0.1, 0.15) is 0 Å². The maximum Gasteiger partial charge on any atom is 0.178 e. The molecule has 0 radical (unpaired) electrons. The van der Waals surface area contributed by atoms with Crippen LogP contribution in [0.4, 0.5) is 0 Å². The number of ketones is 1. The van der Waals surface area contributed by atoms with Crippen molar-refractivity contribution in [2.24, 2.45) is 46.2 Å². The third-order valence-corrected chi connectivity index (χ3v) is 10.7. The number of fused-ring (bicyclic) bond motifs is 5. The molecule has 3 saturated carbocycles. The lowest BCUT2D eigenvalue weighted by atomic mass is 9.46. The van der Waals surface area contributed by atoms with Crippen molar-refractivity contribution in [2.75, 3.05) is 6.61 Å². The van der Waals surface area contributed by atoms with Gasteiger partial charge in [0.2, 0.25) is 0 Å². The zero-order valence-corrected chi connectivity index (χ0v) is 21.2. The van der Waals surface area contributed by atoms with Gasteiger partial charge in [-0.1, -0.05) is 50.6 Å². The Kier molecular flexibility index (Phi) is 6.00. The van der Waals surface area contributed by atoms with Crippen molar-refractivity contribution in [3.05, 3.63) is 46.7 Å². The van der Waals surface area contributed by atoms with Gasteiger partial charge in [0.15, 0.2) is 5.78 Å². The Morgan fingerprint density at radius 3 is 2.55 bits per heavy atom. The number of aryl methyl sites for hydroxylation is 1. The van der Waals surface area contributed by atoms with Crippen LogP contribution in [0.1, 0.15) is 83.3 Å². The van der Waals surface area contributed by atoms with Crippen LogP contribution in [0.5, 0.6) is 0 Å². The van der Waals surface area contributed by atoms with E-state index in [1.807, 2.05) is 0 Å². The predicted molar refractivity (Wildman–Crippen MR) is 133 cm³/mol. The van der Waals surface area contributed by atoms with Gasteiger partial charge in [-0.3, -0.25) is 4.79 Å². The maximum atomic E-state index is 12.3. The molecule has 5 rings (SSSR count). The largest absolute Gasteiger partial charge is 0.396 e. The van der Waals surface area contributed by atoms with Gasteiger partial charge in [-0.25, -0.2) is 0 Å². The molecule has 1 aromatic carbocycles. The van der Waals surface area contributed by atoms with E-state index in [2.05, 4.69) is 52.0 Å². The van der Waals surface area contributed by atoms with Crippen LogP contribution in [0.15, 0.2) is 35.5 Å². The van der Waals surface area contributed by atoms with E-state index in [1.54, 1.807) is 0 Å². The van der Waals surface area contributed by atoms with Crippen molar-refractivity contribution in [3.63, 3.8) is 0 Å². The summed E-state index contributed by atoms with van der Waals surface area (Å²) in [7, 11) is 0. The zero-order chi connectivity index (χ0) is 23.4. The predicted octanol–water partition coefficient (Wildman–Crippen LogP) is 6.58. The van der Waals surface area contributed by atoms with Gasteiger partial charge < -0.3 is 10.5 Å². The lowest BCUT2D eigenvalue weighted by molar-refractivity contribution is -0.119. The Morgan fingerprint density at radius 1 is 1.03 bits per heavy atom. The summed E-state index contributed by atoms with van der Waals surface area (Å²) < 4.78 is 6.22. The van der Waals surface area contributed by atoms with E-state index in [1.165, 1.54) is 48.8 Å². The minimum Gasteiger partial charge on any atom is -0.396 e. The van der Waals surface area contributed by atoms with Crippen molar-refractivity contribution in [3.8, 4) is 0 Å². The molecule has 3 nitrogen and oxygen atoms in total. The second-order valence-corrected chi connectivity index (χ2v) is 12.4. The quantitative estimate of drug-likeness (QED) is 0.552. The number of hydrogen-bond donors (Lipinski definition) is 1. The average molecular weight is 450 g/mol. The van der Waals surface area contributed by atoms with Crippen LogP contribution in [0, 0.1) is 47.3 Å². The molecule has 1 aromatic rings. The van der Waals surface area contributed by atoms with Crippen LogP contribution < -0.4 is 5.73 Å². The fourth-order valence-corrected chi connectivity index (χ4v) is 8.89. The number of allylic oxidation sites excluding steroid dienone is 1. The third kappa shape index (κ3) is 3.79. The van der Waals surface area contributed by atoms with Gasteiger partial charge in [-0.05, 0) is 103 Å². The van der Waals surface area contributed by atoms with Gasteiger partial charge in [-0.2, -0.15) is 0 Å². The highest BCUT2D eigenvalue weighted by atomic mass is 16.5. The van der Waals surface area contributed by atoms with Crippen LogP contribution in [0.3, 0.4) is 0 Å². The monoisotopic (exact) mass is 449 g/mol. The average Bonchev–Trinajstić information content (AvgIpc) is 3.15. The zero-order valence-electron chi connectivity index (χ0n) is 21.2. The van der Waals surface area contributed by atoms with Crippen molar-refractivity contribution in [1.82, 2.24) is 0 Å². The van der Waals surface area contributed by atoms with Gasteiger partial charge in [0.25, 0.3) is 0 Å². The standard InChI is InChI=1S/C30H43NO2/c1-19-5-7-21(8-6-19)18-33-17-20(2)23-11-12-24-22-9-10-26-28(31)27(32)14-16-30(26,4)25(22)13-15-29(23,24)3/h5-8,20,22-25H,9-18,31H2,1-4H3/t20-,22+,23-,24+,25+,29-,30-/m1/s1. The van der Waals surface area contributed by atoms with Gasteiger partial charge in [0.05, 0.1) is 12.3 Å². The number of hydrogen-bond acceptors (Lipinski definition) is 3. The number of rotatable bonds is 5. The number of Topliss-reactive ketones (excluding diaryl/α,β-unsaturated/α-hetero) is 1. The number of carbonyl (C=O) groups is 1. The minimum absolute atomic E-state index is 0.156. The summed E-state index contributed by atoms with van der Waals surface area (Å²) in [5.74, 6) is 3.87. The molecule has 0 aliphatic heterocycles. The van der Waals surface area contributed by atoms with Gasteiger partial charge in [0, 0.05) is 13.0 Å². The molecule has 4 aliphatic rings. The molecule has 0 unspecified atom stereocenters. The molecule has 0 spiro atoms. The first-order chi connectivity index (χ1) is 15.7. The van der Waals surface area contributed by atoms with Crippen molar-refractivity contribution in [2.45, 2.75) is 85.7 Å². The second kappa shape index (κ2) is 8.56. The molecule has 3 heteroatoms. The summed E-state index contributed by atoms with van der Waals surface area (Å²) in [6, 6.07) is 8.72. The minimum atomic E-state index is 0.156. The van der Waals surface area contributed by atoms with E-state index in [0.717, 1.165) is 43.8 Å². The van der Waals surface area contributed by atoms with Crippen molar-refractivity contribution < 1.29 is 9.53 Å². The molecular formula is C30H43NO2.